The minimum Gasteiger partial charge on any atom is -0.478 e. The van der Waals surface area contributed by atoms with Crippen LogP contribution < -0.4 is 11.1 Å². The number of rotatable bonds is 2. The Morgan fingerprint density at radius 3 is 2.60 bits per heavy atom. The van der Waals surface area contributed by atoms with E-state index >= 15 is 0 Å². The number of piperidine rings is 1. The lowest BCUT2D eigenvalue weighted by atomic mass is 10.1. The SMILES string of the molecule is NC1CCN(C(=O)Nc2cc(F)ccc2C(=O)O)CC1. The van der Waals surface area contributed by atoms with E-state index in [-0.39, 0.29) is 17.3 Å². The fourth-order valence-electron chi connectivity index (χ4n) is 2.10. The molecule has 0 radical (unpaired) electrons. The minimum atomic E-state index is -1.22. The highest BCUT2D eigenvalue weighted by Gasteiger charge is 2.22. The Labute approximate surface area is 115 Å². The molecule has 2 rings (SSSR count). The highest BCUT2D eigenvalue weighted by molar-refractivity contribution is 6.00. The van der Waals surface area contributed by atoms with E-state index in [0.29, 0.717) is 25.9 Å². The topological polar surface area (TPSA) is 95.7 Å². The van der Waals surface area contributed by atoms with Crippen molar-refractivity contribution in [1.29, 1.82) is 0 Å². The fraction of sp³-hybridized carbons (Fsp3) is 0.385. The van der Waals surface area contributed by atoms with Crippen molar-refractivity contribution < 1.29 is 19.1 Å². The first-order chi connectivity index (χ1) is 9.47. The van der Waals surface area contributed by atoms with Crippen LogP contribution in [0.5, 0.6) is 0 Å². The summed E-state index contributed by atoms with van der Waals surface area (Å²) in [5.41, 5.74) is 5.56. The zero-order chi connectivity index (χ0) is 14.7. The average molecular weight is 281 g/mol. The van der Waals surface area contributed by atoms with Gasteiger partial charge in [-0.2, -0.15) is 0 Å². The van der Waals surface area contributed by atoms with E-state index in [1.54, 1.807) is 4.90 Å². The number of benzene rings is 1. The lowest BCUT2D eigenvalue weighted by molar-refractivity contribution is 0.0698. The average Bonchev–Trinajstić information content (AvgIpc) is 2.39. The quantitative estimate of drug-likeness (QED) is 0.765. The first-order valence-corrected chi connectivity index (χ1v) is 6.31. The summed E-state index contributed by atoms with van der Waals surface area (Å²) in [6.45, 7) is 1.01. The summed E-state index contributed by atoms with van der Waals surface area (Å²) < 4.78 is 13.2. The van der Waals surface area contributed by atoms with Gasteiger partial charge in [0.2, 0.25) is 0 Å². The third kappa shape index (κ3) is 3.24. The van der Waals surface area contributed by atoms with E-state index in [0.717, 1.165) is 18.2 Å². The van der Waals surface area contributed by atoms with Gasteiger partial charge < -0.3 is 21.1 Å². The van der Waals surface area contributed by atoms with Crippen LogP contribution in [0.2, 0.25) is 0 Å². The van der Waals surface area contributed by atoms with Crippen LogP contribution in [0.15, 0.2) is 18.2 Å². The van der Waals surface area contributed by atoms with Gasteiger partial charge in [-0.15, -0.1) is 0 Å². The van der Waals surface area contributed by atoms with E-state index < -0.39 is 17.8 Å². The predicted octanol–water partition coefficient (Wildman–Crippen LogP) is 1.48. The number of likely N-dealkylation sites (tertiary alicyclic amines) is 1. The second-order valence-corrected chi connectivity index (χ2v) is 4.75. The molecule has 6 nitrogen and oxygen atoms in total. The van der Waals surface area contributed by atoms with Crippen molar-refractivity contribution in [1.82, 2.24) is 4.90 Å². The van der Waals surface area contributed by atoms with Gasteiger partial charge in [-0.1, -0.05) is 0 Å². The van der Waals surface area contributed by atoms with Gasteiger partial charge in [0, 0.05) is 19.1 Å². The maximum atomic E-state index is 13.2. The number of carboxylic acids is 1. The first-order valence-electron chi connectivity index (χ1n) is 6.31. The number of carboxylic acid groups (broad SMARTS) is 1. The molecule has 1 aromatic carbocycles. The highest BCUT2D eigenvalue weighted by atomic mass is 19.1. The maximum absolute atomic E-state index is 13.2. The summed E-state index contributed by atoms with van der Waals surface area (Å²) >= 11 is 0. The van der Waals surface area contributed by atoms with Gasteiger partial charge in [-0.25, -0.2) is 14.0 Å². The van der Waals surface area contributed by atoms with Crippen molar-refractivity contribution in [2.45, 2.75) is 18.9 Å². The Hall–Kier alpha value is -2.15. The van der Waals surface area contributed by atoms with Gasteiger partial charge in [0.1, 0.15) is 5.82 Å². The zero-order valence-electron chi connectivity index (χ0n) is 10.8. The first kappa shape index (κ1) is 14.3. The van der Waals surface area contributed by atoms with Crippen LogP contribution in [0.25, 0.3) is 0 Å². The number of carbonyl (C=O) groups is 2. The summed E-state index contributed by atoms with van der Waals surface area (Å²) in [5, 5.41) is 11.5. The van der Waals surface area contributed by atoms with Crippen molar-refractivity contribution in [2.75, 3.05) is 18.4 Å². The largest absolute Gasteiger partial charge is 0.478 e. The fourth-order valence-corrected chi connectivity index (χ4v) is 2.10. The number of aromatic carboxylic acids is 1. The van der Waals surface area contributed by atoms with Crippen molar-refractivity contribution in [2.24, 2.45) is 5.73 Å². The number of anilines is 1. The van der Waals surface area contributed by atoms with E-state index in [4.69, 9.17) is 10.8 Å². The standard InChI is InChI=1S/C13H16FN3O3/c14-8-1-2-10(12(18)19)11(7-8)16-13(20)17-5-3-9(15)4-6-17/h1-2,7,9H,3-6,15H2,(H,16,20)(H,18,19). The zero-order valence-corrected chi connectivity index (χ0v) is 10.8. The molecule has 0 spiro atoms. The van der Waals surface area contributed by atoms with E-state index in [2.05, 4.69) is 5.32 Å². The molecule has 0 aromatic heterocycles. The summed E-state index contributed by atoms with van der Waals surface area (Å²) in [6, 6.07) is 2.81. The van der Waals surface area contributed by atoms with Crippen LogP contribution in [-0.4, -0.2) is 41.1 Å². The van der Waals surface area contributed by atoms with Crippen LogP contribution in [0.3, 0.4) is 0 Å². The molecule has 0 saturated carbocycles. The summed E-state index contributed by atoms with van der Waals surface area (Å²) in [7, 11) is 0. The molecule has 2 amide bonds. The van der Waals surface area contributed by atoms with Crippen LogP contribution in [0.1, 0.15) is 23.2 Å². The number of nitrogens with two attached hydrogens (primary N) is 1. The molecule has 0 atom stereocenters. The molecule has 1 saturated heterocycles. The molecule has 1 fully saturated rings. The molecule has 1 heterocycles. The van der Waals surface area contributed by atoms with Gasteiger partial charge in [0.25, 0.3) is 0 Å². The normalized spacial score (nSPS) is 16.0. The molecule has 20 heavy (non-hydrogen) atoms. The molecule has 108 valence electrons. The smallest absolute Gasteiger partial charge is 0.337 e. The third-order valence-corrected chi connectivity index (χ3v) is 3.28. The van der Waals surface area contributed by atoms with Gasteiger partial charge in [-0.05, 0) is 31.0 Å². The molecule has 1 aromatic rings. The van der Waals surface area contributed by atoms with Crippen molar-refractivity contribution in [3.8, 4) is 0 Å². The number of nitrogens with one attached hydrogen (secondary N) is 1. The Morgan fingerprint density at radius 2 is 2.00 bits per heavy atom. The second kappa shape index (κ2) is 5.87. The van der Waals surface area contributed by atoms with E-state index in [1.807, 2.05) is 0 Å². The van der Waals surface area contributed by atoms with Gasteiger partial charge in [-0.3, -0.25) is 0 Å². The van der Waals surface area contributed by atoms with E-state index in [9.17, 15) is 14.0 Å². The van der Waals surface area contributed by atoms with Gasteiger partial charge in [0.05, 0.1) is 11.3 Å². The summed E-state index contributed by atoms with van der Waals surface area (Å²) in [4.78, 5) is 24.6. The van der Waals surface area contributed by atoms with Crippen LogP contribution in [0.4, 0.5) is 14.9 Å². The number of nitrogens with zero attached hydrogens (tertiary/aromatic N) is 1. The van der Waals surface area contributed by atoms with Gasteiger partial charge >= 0.3 is 12.0 Å². The molecule has 1 aliphatic rings. The minimum absolute atomic E-state index is 0.0441. The third-order valence-electron chi connectivity index (χ3n) is 3.28. The molecule has 4 N–H and O–H groups in total. The Balaban J connectivity index is 2.11. The lowest BCUT2D eigenvalue weighted by Gasteiger charge is -2.30. The molecular weight excluding hydrogens is 265 g/mol. The predicted molar refractivity (Wildman–Crippen MR) is 71.2 cm³/mol. The molecular formula is C13H16FN3O3. The number of hydrogen-bond acceptors (Lipinski definition) is 3. The van der Waals surface area contributed by atoms with Crippen molar-refractivity contribution in [3.05, 3.63) is 29.6 Å². The molecule has 1 aliphatic heterocycles. The second-order valence-electron chi connectivity index (χ2n) is 4.75. The summed E-state index contributed by atoms with van der Waals surface area (Å²) in [6.07, 6.45) is 1.39. The lowest BCUT2D eigenvalue weighted by Crippen LogP contribution is -2.44. The molecule has 0 aliphatic carbocycles. The van der Waals surface area contributed by atoms with Crippen LogP contribution >= 0.6 is 0 Å². The van der Waals surface area contributed by atoms with Crippen LogP contribution in [0, 0.1) is 5.82 Å². The maximum Gasteiger partial charge on any atom is 0.337 e. The number of carbonyl (C=O) groups excluding carboxylic acids is 1. The van der Waals surface area contributed by atoms with E-state index in [1.165, 1.54) is 0 Å². The molecule has 0 bridgehead atoms. The Bertz CT molecular complexity index is 528. The van der Waals surface area contributed by atoms with Crippen molar-refractivity contribution >= 4 is 17.7 Å². The monoisotopic (exact) mass is 281 g/mol. The van der Waals surface area contributed by atoms with Gasteiger partial charge in [0.15, 0.2) is 0 Å². The number of amides is 2. The number of halogens is 1. The Kier molecular flexibility index (Phi) is 4.19. The highest BCUT2D eigenvalue weighted by Crippen LogP contribution is 2.19. The molecule has 0 unspecified atom stereocenters. The number of hydrogen-bond donors (Lipinski definition) is 3. The Morgan fingerprint density at radius 1 is 1.35 bits per heavy atom. The summed E-state index contributed by atoms with van der Waals surface area (Å²) in [5.74, 6) is -1.83. The molecule has 7 heteroatoms. The number of urea groups is 1. The van der Waals surface area contributed by atoms with Crippen LogP contribution in [-0.2, 0) is 0 Å². The van der Waals surface area contributed by atoms with Crippen molar-refractivity contribution in [3.63, 3.8) is 0 Å².